The van der Waals surface area contributed by atoms with E-state index in [-0.39, 0.29) is 23.5 Å². The van der Waals surface area contributed by atoms with Crippen molar-refractivity contribution in [2.75, 3.05) is 6.61 Å². The Hall–Kier alpha value is -2.60. The predicted octanol–water partition coefficient (Wildman–Crippen LogP) is 3.23. The highest BCUT2D eigenvalue weighted by atomic mass is 32.2. The van der Waals surface area contributed by atoms with E-state index in [0.29, 0.717) is 17.7 Å². The van der Waals surface area contributed by atoms with Crippen LogP contribution < -0.4 is 10.1 Å². The first-order valence-corrected chi connectivity index (χ1v) is 8.62. The number of carbonyl (C=O) groups is 3. The molecule has 0 aromatic heterocycles. The third-order valence-corrected chi connectivity index (χ3v) is 5.01. The van der Waals surface area contributed by atoms with Gasteiger partial charge < -0.3 is 4.74 Å². The molecule has 6 heteroatoms. The van der Waals surface area contributed by atoms with Gasteiger partial charge in [0.2, 0.25) is 5.91 Å². The van der Waals surface area contributed by atoms with E-state index in [2.05, 4.69) is 5.32 Å². The monoisotopic (exact) mass is 355 g/mol. The first kappa shape index (κ1) is 17.2. The lowest BCUT2D eigenvalue weighted by molar-refractivity contribution is -0.121. The fourth-order valence-electron chi connectivity index (χ4n) is 2.57. The van der Waals surface area contributed by atoms with E-state index in [4.69, 9.17) is 4.74 Å². The number of imide groups is 1. The number of rotatable bonds is 6. The fourth-order valence-corrected chi connectivity index (χ4v) is 3.50. The van der Waals surface area contributed by atoms with E-state index in [9.17, 15) is 14.4 Å². The molecule has 0 radical (unpaired) electrons. The highest BCUT2D eigenvalue weighted by Gasteiger charge is 2.43. The van der Waals surface area contributed by atoms with Gasteiger partial charge in [-0.15, -0.1) is 0 Å². The van der Waals surface area contributed by atoms with Crippen molar-refractivity contribution in [1.29, 1.82) is 0 Å². The lowest BCUT2D eigenvalue weighted by Gasteiger charge is -2.18. The molecule has 1 atom stereocenters. The van der Waals surface area contributed by atoms with Crippen LogP contribution in [0.3, 0.4) is 0 Å². The topological polar surface area (TPSA) is 72.5 Å². The summed E-state index contributed by atoms with van der Waals surface area (Å²) in [6.07, 6.45) is 0.443. The number of benzene rings is 2. The number of ketones is 1. The average molecular weight is 355 g/mol. The van der Waals surface area contributed by atoms with Crippen LogP contribution in [0.4, 0.5) is 4.79 Å². The van der Waals surface area contributed by atoms with Gasteiger partial charge in [-0.3, -0.25) is 19.7 Å². The maximum Gasteiger partial charge on any atom is 0.286 e. The molecule has 1 aliphatic rings. The van der Waals surface area contributed by atoms with Gasteiger partial charge in [0.1, 0.15) is 10.5 Å². The Bertz CT molecular complexity index is 804. The van der Waals surface area contributed by atoms with Crippen molar-refractivity contribution in [1.82, 2.24) is 5.32 Å². The van der Waals surface area contributed by atoms with Crippen LogP contribution >= 0.6 is 11.8 Å². The second kappa shape index (κ2) is 7.11. The van der Waals surface area contributed by atoms with Gasteiger partial charge in [-0.25, -0.2) is 0 Å². The van der Waals surface area contributed by atoms with Gasteiger partial charge in [0.15, 0.2) is 12.4 Å². The third kappa shape index (κ3) is 4.09. The smallest absolute Gasteiger partial charge is 0.286 e. The summed E-state index contributed by atoms with van der Waals surface area (Å²) >= 11 is 1.01. The van der Waals surface area contributed by atoms with Crippen molar-refractivity contribution in [3.63, 3.8) is 0 Å². The van der Waals surface area contributed by atoms with Crippen molar-refractivity contribution < 1.29 is 19.1 Å². The molecule has 25 heavy (non-hydrogen) atoms. The summed E-state index contributed by atoms with van der Waals surface area (Å²) in [7, 11) is 0. The zero-order valence-corrected chi connectivity index (χ0v) is 14.5. The first-order chi connectivity index (χ1) is 12.0. The summed E-state index contributed by atoms with van der Waals surface area (Å²) in [5.74, 6) is 0.226. The molecule has 0 spiro atoms. The normalized spacial score (nSPS) is 19.6. The van der Waals surface area contributed by atoms with Gasteiger partial charge in [0.05, 0.1) is 0 Å². The zero-order valence-electron chi connectivity index (χ0n) is 13.7. The number of Topliss-reactive ketones (excluding diaryl/α,β-unsaturated/α-hetero) is 1. The molecule has 0 unspecified atom stereocenters. The minimum atomic E-state index is -0.789. The van der Waals surface area contributed by atoms with E-state index in [1.54, 1.807) is 31.2 Å². The van der Waals surface area contributed by atoms with Crippen LogP contribution in [0, 0.1) is 0 Å². The summed E-state index contributed by atoms with van der Waals surface area (Å²) < 4.78 is 4.73. The molecule has 1 heterocycles. The fraction of sp³-hybridized carbons (Fsp3) is 0.211. The summed E-state index contributed by atoms with van der Waals surface area (Å²) in [5, 5.41) is 2.00. The number of amides is 2. The summed E-state index contributed by atoms with van der Waals surface area (Å²) in [6.45, 7) is 1.72. The summed E-state index contributed by atoms with van der Waals surface area (Å²) in [4.78, 5) is 35.3. The molecule has 0 bridgehead atoms. The molecular weight excluding hydrogens is 338 g/mol. The number of carbonyl (C=O) groups excluding carboxylic acids is 3. The van der Waals surface area contributed by atoms with Crippen LogP contribution in [0.2, 0.25) is 0 Å². The Morgan fingerprint density at radius 3 is 2.36 bits per heavy atom. The molecule has 1 saturated heterocycles. The maximum atomic E-state index is 12.0. The number of hydrogen-bond donors (Lipinski definition) is 1. The van der Waals surface area contributed by atoms with Crippen LogP contribution in [-0.2, 0) is 11.2 Å². The number of nitrogens with one attached hydrogen (secondary N) is 1. The Morgan fingerprint density at radius 1 is 1.08 bits per heavy atom. The molecule has 3 rings (SSSR count). The molecule has 1 aliphatic heterocycles. The van der Waals surface area contributed by atoms with E-state index in [1.807, 2.05) is 30.3 Å². The second-order valence-corrected chi connectivity index (χ2v) is 7.45. The first-order valence-electron chi connectivity index (χ1n) is 7.81. The molecule has 1 N–H and O–H groups in total. The third-order valence-electron chi connectivity index (χ3n) is 3.94. The lowest BCUT2D eigenvalue weighted by Crippen LogP contribution is -2.35. The van der Waals surface area contributed by atoms with Crippen molar-refractivity contribution in [3.8, 4) is 5.75 Å². The number of hydrogen-bond acceptors (Lipinski definition) is 5. The number of ether oxygens (including phenoxy) is 1. The van der Waals surface area contributed by atoms with Gasteiger partial charge in [-0.05, 0) is 42.8 Å². The van der Waals surface area contributed by atoms with Crippen LogP contribution in [0.25, 0.3) is 0 Å². The largest absolute Gasteiger partial charge is 0.485 e. The lowest BCUT2D eigenvalue weighted by atomic mass is 9.99. The quantitative estimate of drug-likeness (QED) is 0.806. The molecule has 2 aromatic rings. The Labute approximate surface area is 149 Å². The molecule has 0 saturated carbocycles. The molecule has 2 aromatic carbocycles. The van der Waals surface area contributed by atoms with Gasteiger partial charge >= 0.3 is 0 Å². The Balaban J connectivity index is 1.58. The summed E-state index contributed by atoms with van der Waals surface area (Å²) in [5.41, 5.74) is 1.53. The van der Waals surface area contributed by atoms with Crippen LogP contribution in [0.15, 0.2) is 54.6 Å². The molecule has 1 fully saturated rings. The van der Waals surface area contributed by atoms with E-state index in [0.717, 1.165) is 17.3 Å². The standard InChI is InChI=1S/C19H17NO4S/c1-19(17(22)20-18(23)25-19)11-13-7-9-15(10-8-13)24-12-16(21)14-5-3-2-4-6-14/h2-10H,11-12H2,1H3,(H,20,22,23)/t19-/m0/s1. The van der Waals surface area contributed by atoms with E-state index in [1.165, 1.54) is 0 Å². The van der Waals surface area contributed by atoms with Crippen molar-refractivity contribution in [2.24, 2.45) is 0 Å². The SMILES string of the molecule is C[C@@]1(Cc2ccc(OCC(=O)c3ccccc3)cc2)SC(=O)NC1=O. The Kier molecular flexibility index (Phi) is 4.90. The van der Waals surface area contributed by atoms with Crippen LogP contribution in [0.5, 0.6) is 5.75 Å². The molecular formula is C19H17NO4S. The maximum absolute atomic E-state index is 12.0. The highest BCUT2D eigenvalue weighted by Crippen LogP contribution is 2.34. The van der Waals surface area contributed by atoms with Crippen LogP contribution in [-0.4, -0.2) is 28.3 Å². The van der Waals surface area contributed by atoms with Crippen molar-refractivity contribution >= 4 is 28.7 Å². The highest BCUT2D eigenvalue weighted by molar-refractivity contribution is 8.16. The van der Waals surface area contributed by atoms with E-state index < -0.39 is 4.75 Å². The molecule has 128 valence electrons. The van der Waals surface area contributed by atoms with Gasteiger partial charge in [-0.2, -0.15) is 0 Å². The average Bonchev–Trinajstić information content (AvgIpc) is 2.86. The molecule has 2 amide bonds. The van der Waals surface area contributed by atoms with Gasteiger partial charge in [0, 0.05) is 5.56 Å². The number of thioether (sulfide) groups is 1. The minimum Gasteiger partial charge on any atom is -0.485 e. The van der Waals surface area contributed by atoms with E-state index >= 15 is 0 Å². The Morgan fingerprint density at radius 2 is 1.76 bits per heavy atom. The van der Waals surface area contributed by atoms with Crippen molar-refractivity contribution in [3.05, 3.63) is 65.7 Å². The predicted molar refractivity (Wildman–Crippen MR) is 95.9 cm³/mol. The van der Waals surface area contributed by atoms with Crippen molar-refractivity contribution in [2.45, 2.75) is 18.1 Å². The summed E-state index contributed by atoms with van der Waals surface area (Å²) in [6, 6.07) is 16.2. The molecule has 0 aliphatic carbocycles. The zero-order chi connectivity index (χ0) is 17.9. The molecule has 5 nitrogen and oxygen atoms in total. The minimum absolute atomic E-state index is 0.0339. The van der Waals surface area contributed by atoms with Crippen LogP contribution in [0.1, 0.15) is 22.8 Å². The van der Waals surface area contributed by atoms with Gasteiger partial charge in [-0.1, -0.05) is 42.5 Å². The van der Waals surface area contributed by atoms with Gasteiger partial charge in [0.25, 0.3) is 5.24 Å². The second-order valence-electron chi connectivity index (χ2n) is 5.97.